The van der Waals surface area contributed by atoms with E-state index in [4.69, 9.17) is 0 Å². The lowest BCUT2D eigenvalue weighted by atomic mass is 9.78. The minimum absolute atomic E-state index is 0.0628. The number of anilines is 1. The Hall–Kier alpha value is -3.20. The van der Waals surface area contributed by atoms with Gasteiger partial charge in [-0.15, -0.1) is 0 Å². The predicted octanol–water partition coefficient (Wildman–Crippen LogP) is 7.57. The first-order valence-electron chi connectivity index (χ1n) is 12.1. The summed E-state index contributed by atoms with van der Waals surface area (Å²) in [5, 5.41) is 0. The summed E-state index contributed by atoms with van der Waals surface area (Å²) in [7, 11) is 0. The van der Waals surface area contributed by atoms with Gasteiger partial charge in [0.2, 0.25) is 0 Å². The number of rotatable bonds is 10. The first-order valence-corrected chi connectivity index (χ1v) is 12.1. The van der Waals surface area contributed by atoms with Gasteiger partial charge in [-0.25, -0.2) is 0 Å². The number of carbonyl (C=O) groups is 2. The van der Waals surface area contributed by atoms with Gasteiger partial charge in [0.25, 0.3) is 0 Å². The van der Waals surface area contributed by atoms with Crippen LogP contribution in [0.25, 0.3) is 0 Å². The van der Waals surface area contributed by atoms with Crippen molar-refractivity contribution in [3.05, 3.63) is 101 Å². The van der Waals surface area contributed by atoms with Crippen LogP contribution in [0.3, 0.4) is 0 Å². The van der Waals surface area contributed by atoms with Crippen LogP contribution in [0.4, 0.5) is 5.69 Å². The number of ketones is 2. The fourth-order valence-corrected chi connectivity index (χ4v) is 4.17. The summed E-state index contributed by atoms with van der Waals surface area (Å²) in [6.07, 6.45) is 9.71. The van der Waals surface area contributed by atoms with E-state index < -0.39 is 0 Å². The van der Waals surface area contributed by atoms with Gasteiger partial charge in [0, 0.05) is 40.5 Å². The molecule has 33 heavy (non-hydrogen) atoms. The molecule has 3 nitrogen and oxygen atoms in total. The van der Waals surface area contributed by atoms with Gasteiger partial charge < -0.3 is 4.90 Å². The van der Waals surface area contributed by atoms with Gasteiger partial charge >= 0.3 is 0 Å². The first-order chi connectivity index (χ1) is 16.0. The third-order valence-corrected chi connectivity index (χ3v) is 6.56. The molecule has 3 heteroatoms. The van der Waals surface area contributed by atoms with Crippen molar-refractivity contribution >= 4 is 17.3 Å². The topological polar surface area (TPSA) is 37.4 Å². The van der Waals surface area contributed by atoms with Crippen molar-refractivity contribution in [2.45, 2.75) is 53.4 Å². The quantitative estimate of drug-likeness (QED) is 0.217. The van der Waals surface area contributed by atoms with Crippen LogP contribution in [0, 0.1) is 5.92 Å². The van der Waals surface area contributed by atoms with Gasteiger partial charge in [0.1, 0.15) is 0 Å². The lowest BCUT2D eigenvalue weighted by molar-refractivity contribution is 0.0849. The number of allylic oxidation sites excluding steroid dienone is 5. The maximum Gasteiger partial charge on any atom is 0.193 e. The molecule has 0 aromatic heterocycles. The molecular weight excluding hydrogens is 406 g/mol. The second-order valence-corrected chi connectivity index (χ2v) is 8.54. The highest BCUT2D eigenvalue weighted by molar-refractivity contribution is 6.17. The molecule has 0 spiro atoms. The van der Waals surface area contributed by atoms with Crippen LogP contribution in [-0.2, 0) is 0 Å². The zero-order valence-corrected chi connectivity index (χ0v) is 20.3. The Bertz CT molecular complexity index is 1070. The van der Waals surface area contributed by atoms with Gasteiger partial charge in [0.15, 0.2) is 11.6 Å². The van der Waals surface area contributed by atoms with E-state index in [1.54, 1.807) is 6.07 Å². The minimum atomic E-state index is -0.0768. The molecule has 0 aliphatic heterocycles. The van der Waals surface area contributed by atoms with E-state index in [-0.39, 0.29) is 17.5 Å². The van der Waals surface area contributed by atoms with Crippen LogP contribution < -0.4 is 4.90 Å². The van der Waals surface area contributed by atoms with E-state index in [2.05, 4.69) is 37.0 Å². The zero-order chi connectivity index (χ0) is 23.8. The van der Waals surface area contributed by atoms with Crippen molar-refractivity contribution < 1.29 is 9.59 Å². The number of benzene rings is 2. The Labute approximate surface area is 198 Å². The maximum atomic E-state index is 13.7. The van der Waals surface area contributed by atoms with E-state index in [9.17, 15) is 9.59 Å². The van der Waals surface area contributed by atoms with Crippen molar-refractivity contribution in [1.82, 2.24) is 0 Å². The van der Waals surface area contributed by atoms with Gasteiger partial charge in [-0.2, -0.15) is 0 Å². The molecule has 3 rings (SSSR count). The molecule has 0 radical (unpaired) electrons. The van der Waals surface area contributed by atoms with E-state index in [1.807, 2.05) is 62.4 Å². The van der Waals surface area contributed by atoms with Crippen molar-refractivity contribution in [3.8, 4) is 0 Å². The summed E-state index contributed by atoms with van der Waals surface area (Å²) >= 11 is 0. The summed E-state index contributed by atoms with van der Waals surface area (Å²) in [6.45, 7) is 8.99. The fraction of sp³-hybridized carbons (Fsp3) is 0.333. The third-order valence-electron chi connectivity index (χ3n) is 6.56. The summed E-state index contributed by atoms with van der Waals surface area (Å²) in [4.78, 5) is 28.9. The Balaban J connectivity index is 1.95. The second kappa shape index (κ2) is 11.6. The smallest absolute Gasteiger partial charge is 0.193 e. The standard InChI is InChI=1S/C30H35NO2/c1-5-22(4)26(21-20-24(6-2)31(7-3)25-16-9-8-10-17-25)30(33)28-19-12-11-18-27(28)29(32)23-14-13-15-23/h6,8-12,16-21,23H,5,7,13-15H2,1-4H3/b21-20-,24-6+,26-22-. The third kappa shape index (κ3) is 5.60. The molecule has 2 aromatic rings. The van der Waals surface area contributed by atoms with Crippen LogP contribution in [0.1, 0.15) is 74.1 Å². The molecule has 1 saturated carbocycles. The lowest BCUT2D eigenvalue weighted by Crippen LogP contribution is -2.24. The number of hydrogen-bond acceptors (Lipinski definition) is 3. The molecule has 0 heterocycles. The molecule has 1 fully saturated rings. The number of para-hydroxylation sites is 1. The Morgan fingerprint density at radius 2 is 1.58 bits per heavy atom. The second-order valence-electron chi connectivity index (χ2n) is 8.54. The molecule has 0 bridgehead atoms. The van der Waals surface area contributed by atoms with Gasteiger partial charge in [-0.3, -0.25) is 9.59 Å². The van der Waals surface area contributed by atoms with Gasteiger partial charge in [-0.05, 0) is 64.3 Å². The normalized spacial score (nSPS) is 15.2. The Kier molecular flexibility index (Phi) is 8.59. The summed E-state index contributed by atoms with van der Waals surface area (Å²) in [5.41, 5.74) is 4.89. The van der Waals surface area contributed by atoms with E-state index >= 15 is 0 Å². The molecule has 1 aliphatic carbocycles. The molecule has 2 aromatic carbocycles. The molecule has 0 saturated heterocycles. The Morgan fingerprint density at radius 3 is 2.12 bits per heavy atom. The highest BCUT2D eigenvalue weighted by atomic mass is 16.1. The fourth-order valence-electron chi connectivity index (χ4n) is 4.17. The monoisotopic (exact) mass is 441 g/mol. The predicted molar refractivity (Wildman–Crippen MR) is 138 cm³/mol. The van der Waals surface area contributed by atoms with Gasteiger partial charge in [0.05, 0.1) is 0 Å². The summed E-state index contributed by atoms with van der Waals surface area (Å²) in [6, 6.07) is 17.5. The van der Waals surface area contributed by atoms with Crippen LogP contribution in [0.15, 0.2) is 89.7 Å². The molecule has 0 N–H and O–H groups in total. The summed E-state index contributed by atoms with van der Waals surface area (Å²) < 4.78 is 0. The zero-order valence-electron chi connectivity index (χ0n) is 20.3. The molecule has 0 atom stereocenters. The number of carbonyl (C=O) groups excluding carboxylic acids is 2. The SMILES string of the molecule is C\C=C(/C=C\C(C(=O)c1ccccc1C(=O)C1CCC1)=C(/C)CC)N(CC)c1ccccc1. The number of nitrogens with zero attached hydrogens (tertiary/aromatic N) is 1. The van der Waals surface area contributed by atoms with Crippen molar-refractivity contribution in [2.75, 3.05) is 11.4 Å². The average molecular weight is 442 g/mol. The highest BCUT2D eigenvalue weighted by Crippen LogP contribution is 2.31. The van der Waals surface area contributed by atoms with Crippen molar-refractivity contribution in [2.24, 2.45) is 5.92 Å². The molecule has 0 unspecified atom stereocenters. The highest BCUT2D eigenvalue weighted by Gasteiger charge is 2.29. The lowest BCUT2D eigenvalue weighted by Gasteiger charge is -2.25. The first kappa shape index (κ1) is 24.4. The van der Waals surface area contributed by atoms with Crippen molar-refractivity contribution in [1.29, 1.82) is 0 Å². The van der Waals surface area contributed by atoms with Crippen LogP contribution in [0.5, 0.6) is 0 Å². The Morgan fingerprint density at radius 1 is 0.939 bits per heavy atom. The number of likely N-dealkylation sites (N-methyl/N-ethyl adjacent to an activating group) is 1. The van der Waals surface area contributed by atoms with Crippen LogP contribution in [0.2, 0.25) is 0 Å². The number of hydrogen-bond donors (Lipinski definition) is 0. The van der Waals surface area contributed by atoms with Crippen LogP contribution in [-0.4, -0.2) is 18.1 Å². The van der Waals surface area contributed by atoms with E-state index in [1.165, 1.54) is 0 Å². The minimum Gasteiger partial charge on any atom is -0.342 e. The molecular formula is C30H35NO2. The largest absolute Gasteiger partial charge is 0.342 e. The van der Waals surface area contributed by atoms with Crippen molar-refractivity contribution in [3.63, 3.8) is 0 Å². The average Bonchev–Trinajstić information content (AvgIpc) is 2.82. The van der Waals surface area contributed by atoms with E-state index in [0.717, 1.165) is 49.2 Å². The maximum absolute atomic E-state index is 13.7. The number of Topliss-reactive ketones (excluding diaryl/α,β-unsaturated/α-hetero) is 2. The molecule has 0 amide bonds. The van der Waals surface area contributed by atoms with Crippen LogP contribution >= 0.6 is 0 Å². The van der Waals surface area contributed by atoms with E-state index in [0.29, 0.717) is 16.7 Å². The van der Waals surface area contributed by atoms with Gasteiger partial charge in [-0.1, -0.05) is 67.5 Å². The summed E-state index contributed by atoms with van der Waals surface area (Å²) in [5.74, 6) is 0.0953. The molecule has 1 aliphatic rings. The molecule has 172 valence electrons.